The molecule has 19 heavy (non-hydrogen) atoms. The molecule has 3 rings (SSSR count). The average Bonchev–Trinajstić information content (AvgIpc) is 3.07. The van der Waals surface area contributed by atoms with Crippen LogP contribution in [-0.4, -0.2) is 11.8 Å². The molecule has 0 radical (unpaired) electrons. The van der Waals surface area contributed by atoms with E-state index in [1.165, 1.54) is 0 Å². The minimum Gasteiger partial charge on any atom is -0.454 e. The highest BCUT2D eigenvalue weighted by atomic mass is 16.7. The van der Waals surface area contributed by atoms with Gasteiger partial charge in [-0.1, -0.05) is 19.1 Å². The maximum atomic E-state index is 5.53. The standard InChI is InChI=1S/C14H16N2O3/c1-2-11-7-16-13(19-11)8-15-6-10-4-3-5-12-14(10)18-9-17-12/h3-5,7,15H,2,6,8-9H2,1H3. The second-order valence-electron chi connectivity index (χ2n) is 4.33. The molecular formula is C14H16N2O3. The predicted molar refractivity (Wildman–Crippen MR) is 69.0 cm³/mol. The van der Waals surface area contributed by atoms with E-state index < -0.39 is 0 Å². The van der Waals surface area contributed by atoms with Gasteiger partial charge < -0.3 is 19.2 Å². The fourth-order valence-electron chi connectivity index (χ4n) is 2.03. The normalized spacial score (nSPS) is 12.9. The first-order valence-electron chi connectivity index (χ1n) is 6.38. The molecule has 1 N–H and O–H groups in total. The number of hydrogen-bond donors (Lipinski definition) is 1. The summed E-state index contributed by atoms with van der Waals surface area (Å²) in [6, 6.07) is 5.89. The lowest BCUT2D eigenvalue weighted by molar-refractivity contribution is 0.173. The second kappa shape index (κ2) is 5.32. The lowest BCUT2D eigenvalue weighted by Gasteiger charge is -2.06. The number of aryl methyl sites for hydroxylation is 1. The minimum absolute atomic E-state index is 0.298. The van der Waals surface area contributed by atoms with Gasteiger partial charge in [-0.25, -0.2) is 4.98 Å². The van der Waals surface area contributed by atoms with Gasteiger partial charge in [0.1, 0.15) is 5.76 Å². The summed E-state index contributed by atoms with van der Waals surface area (Å²) >= 11 is 0. The molecule has 0 bridgehead atoms. The van der Waals surface area contributed by atoms with Crippen LogP contribution in [0, 0.1) is 0 Å². The van der Waals surface area contributed by atoms with Gasteiger partial charge in [0.2, 0.25) is 12.7 Å². The number of oxazole rings is 1. The Morgan fingerprint density at radius 1 is 1.26 bits per heavy atom. The van der Waals surface area contributed by atoms with E-state index in [4.69, 9.17) is 13.9 Å². The van der Waals surface area contributed by atoms with E-state index in [9.17, 15) is 0 Å². The lowest BCUT2D eigenvalue weighted by atomic mass is 10.2. The first-order valence-corrected chi connectivity index (χ1v) is 6.38. The van der Waals surface area contributed by atoms with E-state index in [1.54, 1.807) is 6.20 Å². The molecule has 1 aromatic carbocycles. The maximum Gasteiger partial charge on any atom is 0.231 e. The molecule has 2 aromatic rings. The number of para-hydroxylation sites is 1. The van der Waals surface area contributed by atoms with Crippen molar-refractivity contribution in [1.29, 1.82) is 0 Å². The van der Waals surface area contributed by atoms with E-state index in [-0.39, 0.29) is 0 Å². The lowest BCUT2D eigenvalue weighted by Crippen LogP contribution is -2.13. The molecule has 0 saturated heterocycles. The average molecular weight is 260 g/mol. The van der Waals surface area contributed by atoms with E-state index in [0.29, 0.717) is 25.8 Å². The van der Waals surface area contributed by atoms with Crippen LogP contribution in [0.15, 0.2) is 28.8 Å². The predicted octanol–water partition coefficient (Wildman–Crippen LogP) is 2.26. The number of aromatic nitrogens is 1. The van der Waals surface area contributed by atoms with Crippen molar-refractivity contribution in [2.75, 3.05) is 6.79 Å². The number of nitrogens with zero attached hydrogens (tertiary/aromatic N) is 1. The molecule has 0 unspecified atom stereocenters. The Labute approximate surface area is 111 Å². The summed E-state index contributed by atoms with van der Waals surface area (Å²) in [5.41, 5.74) is 1.08. The number of fused-ring (bicyclic) bond motifs is 1. The molecule has 0 fully saturated rings. The number of rotatable bonds is 5. The van der Waals surface area contributed by atoms with Crippen LogP contribution in [0.2, 0.25) is 0 Å². The Kier molecular flexibility index (Phi) is 3.37. The summed E-state index contributed by atoms with van der Waals surface area (Å²) in [5, 5.41) is 3.29. The Balaban J connectivity index is 1.59. The van der Waals surface area contributed by atoms with Gasteiger partial charge in [-0.15, -0.1) is 0 Å². The van der Waals surface area contributed by atoms with Crippen molar-refractivity contribution in [3.63, 3.8) is 0 Å². The van der Waals surface area contributed by atoms with Crippen LogP contribution in [0.1, 0.15) is 24.1 Å². The van der Waals surface area contributed by atoms with Gasteiger partial charge in [0.25, 0.3) is 0 Å². The highest BCUT2D eigenvalue weighted by Crippen LogP contribution is 2.35. The van der Waals surface area contributed by atoms with E-state index >= 15 is 0 Å². The number of nitrogens with one attached hydrogen (secondary N) is 1. The van der Waals surface area contributed by atoms with Crippen molar-refractivity contribution < 1.29 is 13.9 Å². The molecule has 1 aromatic heterocycles. The van der Waals surface area contributed by atoms with Crippen LogP contribution >= 0.6 is 0 Å². The van der Waals surface area contributed by atoms with Crippen LogP contribution in [0.25, 0.3) is 0 Å². The Bertz CT molecular complexity index is 566. The fourth-order valence-corrected chi connectivity index (χ4v) is 2.03. The third-order valence-corrected chi connectivity index (χ3v) is 3.02. The summed E-state index contributed by atoms with van der Waals surface area (Å²) in [6.07, 6.45) is 2.64. The zero-order valence-corrected chi connectivity index (χ0v) is 10.8. The maximum absolute atomic E-state index is 5.53. The summed E-state index contributed by atoms with van der Waals surface area (Å²) in [7, 11) is 0. The Hall–Kier alpha value is -2.01. The fraction of sp³-hybridized carbons (Fsp3) is 0.357. The van der Waals surface area contributed by atoms with Gasteiger partial charge in [0, 0.05) is 18.5 Å². The molecule has 100 valence electrons. The third-order valence-electron chi connectivity index (χ3n) is 3.02. The largest absolute Gasteiger partial charge is 0.454 e. The quantitative estimate of drug-likeness (QED) is 0.893. The van der Waals surface area contributed by atoms with Crippen molar-refractivity contribution in [2.24, 2.45) is 0 Å². The van der Waals surface area contributed by atoms with Gasteiger partial charge in [0.15, 0.2) is 11.5 Å². The van der Waals surface area contributed by atoms with Crippen LogP contribution in [0.4, 0.5) is 0 Å². The van der Waals surface area contributed by atoms with E-state index in [0.717, 1.165) is 29.2 Å². The van der Waals surface area contributed by atoms with Crippen LogP contribution in [-0.2, 0) is 19.5 Å². The first kappa shape index (κ1) is 12.0. The molecular weight excluding hydrogens is 244 g/mol. The summed E-state index contributed by atoms with van der Waals surface area (Å²) in [5.74, 6) is 3.26. The van der Waals surface area contributed by atoms with Crippen LogP contribution in [0.5, 0.6) is 11.5 Å². The number of hydrogen-bond acceptors (Lipinski definition) is 5. The second-order valence-corrected chi connectivity index (χ2v) is 4.33. The first-order chi connectivity index (χ1) is 9.36. The van der Waals surface area contributed by atoms with Crippen molar-refractivity contribution >= 4 is 0 Å². The zero-order chi connectivity index (χ0) is 13.1. The monoisotopic (exact) mass is 260 g/mol. The van der Waals surface area contributed by atoms with Gasteiger partial charge in [-0.3, -0.25) is 0 Å². The smallest absolute Gasteiger partial charge is 0.231 e. The molecule has 0 atom stereocenters. The van der Waals surface area contributed by atoms with Gasteiger partial charge in [0.05, 0.1) is 12.7 Å². The zero-order valence-electron chi connectivity index (χ0n) is 10.8. The Morgan fingerprint density at radius 2 is 2.21 bits per heavy atom. The molecule has 0 aliphatic carbocycles. The molecule has 0 spiro atoms. The van der Waals surface area contributed by atoms with E-state index in [1.807, 2.05) is 25.1 Å². The molecule has 1 aliphatic rings. The summed E-state index contributed by atoms with van der Waals surface area (Å²) in [4.78, 5) is 4.21. The highest BCUT2D eigenvalue weighted by molar-refractivity contribution is 5.48. The van der Waals surface area contributed by atoms with Crippen LogP contribution < -0.4 is 14.8 Å². The molecule has 1 aliphatic heterocycles. The van der Waals surface area contributed by atoms with Gasteiger partial charge >= 0.3 is 0 Å². The number of benzene rings is 1. The molecule has 0 amide bonds. The van der Waals surface area contributed by atoms with Gasteiger partial charge in [-0.2, -0.15) is 0 Å². The van der Waals surface area contributed by atoms with Crippen molar-refractivity contribution in [3.8, 4) is 11.5 Å². The summed E-state index contributed by atoms with van der Waals surface area (Å²) < 4.78 is 16.3. The van der Waals surface area contributed by atoms with Crippen LogP contribution in [0.3, 0.4) is 0 Å². The molecule has 5 nitrogen and oxygen atoms in total. The SMILES string of the molecule is CCc1cnc(CNCc2cccc3c2OCO3)o1. The van der Waals surface area contributed by atoms with Crippen molar-refractivity contribution in [2.45, 2.75) is 26.4 Å². The van der Waals surface area contributed by atoms with Gasteiger partial charge in [-0.05, 0) is 6.07 Å². The topological polar surface area (TPSA) is 56.5 Å². The van der Waals surface area contributed by atoms with Crippen molar-refractivity contribution in [1.82, 2.24) is 10.3 Å². The van der Waals surface area contributed by atoms with Crippen molar-refractivity contribution in [3.05, 3.63) is 41.6 Å². The molecule has 0 saturated carbocycles. The number of ether oxygens (including phenoxy) is 2. The summed E-state index contributed by atoms with van der Waals surface area (Å²) in [6.45, 7) is 3.63. The molecule has 5 heteroatoms. The third kappa shape index (κ3) is 2.56. The highest BCUT2D eigenvalue weighted by Gasteiger charge is 2.16. The molecule has 2 heterocycles. The minimum atomic E-state index is 0.298. The Morgan fingerprint density at radius 3 is 3.05 bits per heavy atom. The van der Waals surface area contributed by atoms with E-state index in [2.05, 4.69) is 10.3 Å².